The minimum absolute atomic E-state index is 0.0800. The Labute approximate surface area is 185 Å². The molecule has 0 aliphatic carbocycles. The van der Waals surface area contributed by atoms with Crippen molar-refractivity contribution in [1.29, 1.82) is 0 Å². The number of rotatable bonds is 4. The Hall–Kier alpha value is -3.07. The Morgan fingerprint density at radius 1 is 0.848 bits per heavy atom. The third-order valence-corrected chi connectivity index (χ3v) is 6.39. The number of alkyl halides is 3. The second-order valence-electron chi connectivity index (χ2n) is 7.06. The van der Waals surface area contributed by atoms with Crippen molar-refractivity contribution in [3.63, 3.8) is 0 Å². The maximum atomic E-state index is 13.1. The molecule has 3 aromatic rings. The van der Waals surface area contributed by atoms with Crippen molar-refractivity contribution < 1.29 is 44.2 Å². The summed E-state index contributed by atoms with van der Waals surface area (Å²) in [6.07, 6.45) is -4.68. The second kappa shape index (κ2) is 8.06. The smallest absolute Gasteiger partial charge is 0.416 e. The van der Waals surface area contributed by atoms with Crippen LogP contribution in [-0.4, -0.2) is 31.0 Å². The first-order chi connectivity index (χ1) is 15.0. The number of halogens is 3. The molecule has 0 spiro atoms. The van der Waals surface area contributed by atoms with Crippen molar-refractivity contribution in [2.45, 2.75) is 29.8 Å². The van der Waals surface area contributed by atoms with E-state index >= 15 is 0 Å². The number of aromatic hydroxyl groups is 1. The van der Waals surface area contributed by atoms with E-state index in [2.05, 4.69) is 10.2 Å². The average molecular weight is 504 g/mol. The van der Waals surface area contributed by atoms with Crippen molar-refractivity contribution in [2.75, 3.05) is 0 Å². The fourth-order valence-corrected chi connectivity index (χ4v) is 4.45. The van der Waals surface area contributed by atoms with Gasteiger partial charge in [0.25, 0.3) is 20.2 Å². The van der Waals surface area contributed by atoms with Crippen LogP contribution in [0.4, 0.5) is 24.5 Å². The Kier molecular flexibility index (Phi) is 6.00. The molecule has 3 rings (SSSR count). The highest BCUT2D eigenvalue weighted by atomic mass is 32.2. The normalized spacial score (nSPS) is 13.2. The number of hydrogen-bond donors (Lipinski definition) is 3. The molecule has 0 radical (unpaired) electrons. The van der Waals surface area contributed by atoms with E-state index in [1.165, 1.54) is 19.9 Å². The van der Waals surface area contributed by atoms with Crippen LogP contribution in [0.5, 0.6) is 5.75 Å². The molecule has 0 heterocycles. The van der Waals surface area contributed by atoms with Crippen LogP contribution >= 0.6 is 0 Å². The summed E-state index contributed by atoms with van der Waals surface area (Å²) in [4.78, 5) is -1.58. The average Bonchev–Trinajstić information content (AvgIpc) is 2.65. The van der Waals surface area contributed by atoms with Crippen molar-refractivity contribution in [2.24, 2.45) is 10.2 Å². The molecule has 0 fully saturated rings. The van der Waals surface area contributed by atoms with E-state index in [1.807, 2.05) is 0 Å². The van der Waals surface area contributed by atoms with Gasteiger partial charge in [0.2, 0.25) is 0 Å². The van der Waals surface area contributed by atoms with Gasteiger partial charge in [-0.2, -0.15) is 35.1 Å². The van der Waals surface area contributed by atoms with Crippen LogP contribution < -0.4 is 0 Å². The van der Waals surface area contributed by atoms with Crippen LogP contribution in [0.1, 0.15) is 16.7 Å². The van der Waals surface area contributed by atoms with Gasteiger partial charge in [0.1, 0.15) is 10.6 Å². The zero-order valence-corrected chi connectivity index (χ0v) is 18.4. The first-order valence-electron chi connectivity index (χ1n) is 8.85. The molecule has 0 saturated carbocycles. The zero-order valence-electron chi connectivity index (χ0n) is 16.8. The van der Waals surface area contributed by atoms with Gasteiger partial charge in [0, 0.05) is 5.39 Å². The van der Waals surface area contributed by atoms with Gasteiger partial charge in [-0.25, -0.2) is 0 Å². The van der Waals surface area contributed by atoms with E-state index in [-0.39, 0.29) is 27.6 Å². The largest absolute Gasteiger partial charge is 0.505 e. The van der Waals surface area contributed by atoms with E-state index in [4.69, 9.17) is 0 Å². The van der Waals surface area contributed by atoms with Crippen molar-refractivity contribution >= 4 is 42.4 Å². The summed E-state index contributed by atoms with van der Waals surface area (Å²) in [6.45, 7) is 2.58. The molecule has 0 atom stereocenters. The van der Waals surface area contributed by atoms with E-state index in [0.717, 1.165) is 24.3 Å². The van der Waals surface area contributed by atoms with Gasteiger partial charge in [-0.15, -0.1) is 5.11 Å². The molecule has 0 aliphatic rings. The third kappa shape index (κ3) is 4.98. The first kappa shape index (κ1) is 24.6. The van der Waals surface area contributed by atoms with Gasteiger partial charge in [0.05, 0.1) is 16.1 Å². The molecule has 3 N–H and O–H groups in total. The van der Waals surface area contributed by atoms with Crippen LogP contribution in [0.2, 0.25) is 0 Å². The highest BCUT2D eigenvalue weighted by molar-refractivity contribution is 7.86. The zero-order chi connectivity index (χ0) is 24.9. The molecule has 9 nitrogen and oxygen atoms in total. The van der Waals surface area contributed by atoms with Crippen molar-refractivity contribution in [1.82, 2.24) is 0 Å². The Balaban J connectivity index is 2.29. The topological polar surface area (TPSA) is 154 Å². The molecular weight excluding hydrogens is 489 g/mol. The highest BCUT2D eigenvalue weighted by Crippen LogP contribution is 2.43. The van der Waals surface area contributed by atoms with Crippen LogP contribution in [0.25, 0.3) is 10.8 Å². The van der Waals surface area contributed by atoms with Crippen molar-refractivity contribution in [3.05, 3.63) is 53.1 Å². The fraction of sp³-hybridized carbons (Fsp3) is 0.158. The summed E-state index contributed by atoms with van der Waals surface area (Å²) >= 11 is 0. The number of hydrogen-bond acceptors (Lipinski definition) is 7. The minimum Gasteiger partial charge on any atom is -0.505 e. The highest BCUT2D eigenvalue weighted by Gasteiger charge is 2.32. The summed E-state index contributed by atoms with van der Waals surface area (Å²) in [7, 11) is -9.74. The van der Waals surface area contributed by atoms with Gasteiger partial charge in [0.15, 0.2) is 5.75 Å². The van der Waals surface area contributed by atoms with Crippen LogP contribution in [0.3, 0.4) is 0 Å². The van der Waals surface area contributed by atoms with Crippen LogP contribution in [0.15, 0.2) is 56.4 Å². The Morgan fingerprint density at radius 2 is 1.48 bits per heavy atom. The van der Waals surface area contributed by atoms with Gasteiger partial charge in [-0.3, -0.25) is 9.11 Å². The van der Waals surface area contributed by atoms with Gasteiger partial charge < -0.3 is 5.11 Å². The minimum atomic E-state index is -5.06. The van der Waals surface area contributed by atoms with Gasteiger partial charge >= 0.3 is 6.18 Å². The number of benzene rings is 3. The molecule has 0 aromatic heterocycles. The number of phenols is 1. The van der Waals surface area contributed by atoms with Gasteiger partial charge in [-0.1, -0.05) is 6.07 Å². The van der Waals surface area contributed by atoms with Gasteiger partial charge in [-0.05, 0) is 60.7 Å². The van der Waals surface area contributed by atoms with Crippen LogP contribution in [-0.2, 0) is 26.4 Å². The van der Waals surface area contributed by atoms with E-state index in [1.54, 1.807) is 0 Å². The van der Waals surface area contributed by atoms with E-state index < -0.39 is 53.2 Å². The molecule has 3 aromatic carbocycles. The van der Waals surface area contributed by atoms with Crippen molar-refractivity contribution in [3.8, 4) is 5.75 Å². The summed E-state index contributed by atoms with van der Waals surface area (Å²) in [6, 6.07) is 5.64. The molecule has 33 heavy (non-hydrogen) atoms. The molecule has 0 saturated heterocycles. The number of fused-ring (bicyclic) bond motifs is 1. The fourth-order valence-electron chi connectivity index (χ4n) is 3.19. The predicted molar refractivity (Wildman–Crippen MR) is 110 cm³/mol. The lowest BCUT2D eigenvalue weighted by atomic mass is 10.0. The van der Waals surface area contributed by atoms with E-state index in [0.29, 0.717) is 6.07 Å². The Morgan fingerprint density at radius 3 is 2.03 bits per heavy atom. The molecule has 0 aliphatic heterocycles. The monoisotopic (exact) mass is 504 g/mol. The SMILES string of the molecule is Cc1ccc(N=Nc2c(S(=O)(=O)O)cc3cc(S(=O)(=O)O)cc(C)c3c2O)cc1C(F)(F)F. The summed E-state index contributed by atoms with van der Waals surface area (Å²) in [5.74, 6) is -0.827. The van der Waals surface area contributed by atoms with E-state index in [9.17, 15) is 44.2 Å². The predicted octanol–water partition coefficient (Wildman–Crippen LogP) is 5.09. The number of azo groups is 1. The molecule has 0 unspecified atom stereocenters. The lowest BCUT2D eigenvalue weighted by molar-refractivity contribution is -0.138. The lowest BCUT2D eigenvalue weighted by Crippen LogP contribution is -2.06. The molecule has 14 heteroatoms. The molecule has 0 bridgehead atoms. The molecule has 0 amide bonds. The van der Waals surface area contributed by atoms with Crippen LogP contribution in [0, 0.1) is 13.8 Å². The quantitative estimate of drug-likeness (QED) is 0.330. The summed E-state index contributed by atoms with van der Waals surface area (Å²) < 4.78 is 105. The summed E-state index contributed by atoms with van der Waals surface area (Å²) in [5, 5.41) is 17.5. The number of phenolic OH excluding ortho intramolecular Hbond substituents is 1. The standard InChI is InChI=1S/C19H15F3N2O7S2/c1-9-3-4-12(8-14(9)19(20,21)22)23-24-17-15(33(29,30)31)7-11-6-13(32(26,27)28)5-10(2)16(11)18(17)25/h3-8,25H,1-2H3,(H,26,27,28)(H,29,30,31). The maximum absolute atomic E-state index is 13.1. The second-order valence-corrected chi connectivity index (χ2v) is 9.87. The third-order valence-electron chi connectivity index (χ3n) is 4.69. The summed E-state index contributed by atoms with van der Waals surface area (Å²) in [5.41, 5.74) is -2.08. The first-order valence-corrected chi connectivity index (χ1v) is 11.7. The molecule has 176 valence electrons. The number of aryl methyl sites for hydroxylation is 2. The maximum Gasteiger partial charge on any atom is 0.416 e. The lowest BCUT2D eigenvalue weighted by Gasteiger charge is -2.12. The number of nitrogens with zero attached hydrogens (tertiary/aromatic N) is 2. The Bertz CT molecular complexity index is 1530. The molecular formula is C19H15F3N2O7S2.